The van der Waals surface area contributed by atoms with Crippen LogP contribution in [0.3, 0.4) is 0 Å². The fourth-order valence-corrected chi connectivity index (χ4v) is 2.21. The van der Waals surface area contributed by atoms with E-state index in [1.165, 1.54) is 0 Å². The summed E-state index contributed by atoms with van der Waals surface area (Å²) in [6.07, 6.45) is 0. The highest BCUT2D eigenvalue weighted by atomic mass is 16.5. The highest BCUT2D eigenvalue weighted by molar-refractivity contribution is 5.89. The number of aromatic amines is 1. The fourth-order valence-electron chi connectivity index (χ4n) is 2.21. The number of nitrogens with two attached hydrogens (primary N) is 1. The van der Waals surface area contributed by atoms with E-state index >= 15 is 0 Å². The number of methoxy groups -OCH3 is 1. The van der Waals surface area contributed by atoms with Crippen LogP contribution >= 0.6 is 0 Å². The molecule has 106 valence electrons. The van der Waals surface area contributed by atoms with Gasteiger partial charge in [0.25, 0.3) is 0 Å². The monoisotopic (exact) mass is 287 g/mol. The third-order valence-corrected chi connectivity index (χ3v) is 3.36. The lowest BCUT2D eigenvalue weighted by atomic mass is 10.1. The van der Waals surface area contributed by atoms with Crippen LogP contribution in [-0.4, -0.2) is 12.1 Å². The summed E-state index contributed by atoms with van der Waals surface area (Å²) in [5.41, 5.74) is 9.16. The number of nitrogen functional groups attached to an aromatic ring is 1. The highest BCUT2D eigenvalue weighted by Crippen LogP contribution is 2.25. The van der Waals surface area contributed by atoms with Gasteiger partial charge in [-0.1, -0.05) is 5.92 Å². The van der Waals surface area contributed by atoms with Crippen molar-refractivity contribution < 1.29 is 4.74 Å². The molecule has 22 heavy (non-hydrogen) atoms. The van der Waals surface area contributed by atoms with Gasteiger partial charge in [0.15, 0.2) is 0 Å². The lowest BCUT2D eigenvalue weighted by Crippen LogP contribution is -1.84. The number of anilines is 1. The van der Waals surface area contributed by atoms with E-state index in [1.54, 1.807) is 19.2 Å². The SMILES string of the molecule is COc1ccc2c(C#N)c(C#Cc3ccc(N)cc3)[nH]c2c1. The van der Waals surface area contributed by atoms with Crippen molar-refractivity contribution in [1.82, 2.24) is 4.98 Å². The zero-order chi connectivity index (χ0) is 15.5. The molecule has 1 heterocycles. The van der Waals surface area contributed by atoms with Crippen molar-refractivity contribution in [3.05, 3.63) is 59.3 Å². The maximum Gasteiger partial charge on any atom is 0.120 e. The van der Waals surface area contributed by atoms with Crippen LogP contribution < -0.4 is 10.5 Å². The predicted octanol–water partition coefficient (Wildman–Crippen LogP) is 3.03. The Balaban J connectivity index is 2.07. The second kappa shape index (κ2) is 5.55. The first kappa shape index (κ1) is 13.6. The van der Waals surface area contributed by atoms with E-state index in [1.807, 2.05) is 30.3 Å². The van der Waals surface area contributed by atoms with E-state index in [0.29, 0.717) is 16.9 Å². The fraction of sp³-hybridized carbons (Fsp3) is 0.0556. The minimum Gasteiger partial charge on any atom is -0.497 e. The molecule has 0 saturated heterocycles. The standard InChI is InChI=1S/C18H13N3O/c1-22-14-7-8-15-16(11-19)17(21-18(15)10-14)9-4-12-2-5-13(20)6-3-12/h2-3,5-8,10,21H,20H2,1H3. The van der Waals surface area contributed by atoms with Gasteiger partial charge in [0.1, 0.15) is 17.5 Å². The number of nitrogens with zero attached hydrogens (tertiary/aromatic N) is 1. The van der Waals surface area contributed by atoms with Gasteiger partial charge < -0.3 is 15.5 Å². The first-order valence-corrected chi connectivity index (χ1v) is 6.68. The number of nitriles is 1. The summed E-state index contributed by atoms with van der Waals surface area (Å²) in [5.74, 6) is 6.78. The Bertz CT molecular complexity index is 935. The molecule has 0 aliphatic heterocycles. The van der Waals surface area contributed by atoms with Crippen LogP contribution in [0.1, 0.15) is 16.8 Å². The summed E-state index contributed by atoms with van der Waals surface area (Å²) in [4.78, 5) is 3.17. The van der Waals surface area contributed by atoms with Gasteiger partial charge in [-0.25, -0.2) is 0 Å². The molecule has 0 aliphatic rings. The molecule has 0 spiro atoms. The second-order valence-electron chi connectivity index (χ2n) is 4.77. The van der Waals surface area contributed by atoms with E-state index in [-0.39, 0.29) is 0 Å². The lowest BCUT2D eigenvalue weighted by Gasteiger charge is -1.97. The van der Waals surface area contributed by atoms with Gasteiger partial charge in [0, 0.05) is 22.7 Å². The molecule has 0 bridgehead atoms. The van der Waals surface area contributed by atoms with Crippen LogP contribution in [0.25, 0.3) is 10.9 Å². The van der Waals surface area contributed by atoms with Crippen molar-refractivity contribution in [1.29, 1.82) is 5.26 Å². The predicted molar refractivity (Wildman–Crippen MR) is 86.4 cm³/mol. The zero-order valence-corrected chi connectivity index (χ0v) is 12.0. The number of ether oxygens (including phenoxy) is 1. The number of fused-ring (bicyclic) bond motifs is 1. The first-order valence-electron chi connectivity index (χ1n) is 6.68. The molecule has 0 amide bonds. The zero-order valence-electron chi connectivity index (χ0n) is 12.0. The Morgan fingerprint density at radius 1 is 1.09 bits per heavy atom. The van der Waals surface area contributed by atoms with Gasteiger partial charge in [0.2, 0.25) is 0 Å². The molecule has 1 aromatic heterocycles. The van der Waals surface area contributed by atoms with Crippen LogP contribution in [0.15, 0.2) is 42.5 Å². The molecule has 2 aromatic carbocycles. The summed E-state index contributed by atoms with van der Waals surface area (Å²) in [7, 11) is 1.61. The van der Waals surface area contributed by atoms with Crippen LogP contribution in [0.4, 0.5) is 5.69 Å². The van der Waals surface area contributed by atoms with Gasteiger partial charge >= 0.3 is 0 Å². The third-order valence-electron chi connectivity index (χ3n) is 3.36. The molecule has 0 aliphatic carbocycles. The summed E-state index contributed by atoms with van der Waals surface area (Å²) in [6, 6.07) is 15.0. The average Bonchev–Trinajstić information content (AvgIpc) is 2.90. The Labute approximate surface area is 128 Å². The van der Waals surface area contributed by atoms with E-state index in [4.69, 9.17) is 10.5 Å². The van der Waals surface area contributed by atoms with Gasteiger partial charge in [-0.2, -0.15) is 5.26 Å². The largest absolute Gasteiger partial charge is 0.497 e. The Morgan fingerprint density at radius 3 is 2.55 bits per heavy atom. The molecular formula is C18H13N3O. The van der Waals surface area contributed by atoms with E-state index < -0.39 is 0 Å². The summed E-state index contributed by atoms with van der Waals surface area (Å²) in [6.45, 7) is 0. The van der Waals surface area contributed by atoms with Crippen LogP contribution in [0.2, 0.25) is 0 Å². The molecule has 0 saturated carbocycles. The number of hydrogen-bond donors (Lipinski definition) is 2. The molecule has 3 N–H and O–H groups in total. The molecule has 0 unspecified atom stereocenters. The van der Waals surface area contributed by atoms with Gasteiger partial charge in [0.05, 0.1) is 18.2 Å². The molecule has 4 nitrogen and oxygen atoms in total. The van der Waals surface area contributed by atoms with Crippen molar-refractivity contribution in [3.63, 3.8) is 0 Å². The summed E-state index contributed by atoms with van der Waals surface area (Å²) in [5, 5.41) is 10.2. The molecule has 3 aromatic rings. The minimum absolute atomic E-state index is 0.542. The average molecular weight is 287 g/mol. The lowest BCUT2D eigenvalue weighted by molar-refractivity contribution is 0.415. The topological polar surface area (TPSA) is 74.8 Å². The van der Waals surface area contributed by atoms with Crippen LogP contribution in [0.5, 0.6) is 5.75 Å². The molecule has 0 radical (unpaired) electrons. The molecular weight excluding hydrogens is 274 g/mol. The second-order valence-corrected chi connectivity index (χ2v) is 4.77. The molecule has 0 fully saturated rings. The van der Waals surface area contributed by atoms with Crippen molar-refractivity contribution in [3.8, 4) is 23.7 Å². The maximum absolute atomic E-state index is 9.38. The molecule has 0 atom stereocenters. The van der Waals surface area contributed by atoms with Gasteiger partial charge in [-0.05, 0) is 42.3 Å². The number of nitrogens with one attached hydrogen (secondary N) is 1. The minimum atomic E-state index is 0.542. The Kier molecular flexibility index (Phi) is 3.43. The summed E-state index contributed by atoms with van der Waals surface area (Å²) < 4.78 is 5.19. The van der Waals surface area contributed by atoms with Crippen molar-refractivity contribution in [2.45, 2.75) is 0 Å². The van der Waals surface area contributed by atoms with Gasteiger partial charge in [-0.3, -0.25) is 0 Å². The van der Waals surface area contributed by atoms with Gasteiger partial charge in [-0.15, -0.1) is 0 Å². The maximum atomic E-state index is 9.38. The first-order chi connectivity index (χ1) is 10.7. The van der Waals surface area contributed by atoms with E-state index in [2.05, 4.69) is 22.9 Å². The Hall–Kier alpha value is -3.37. The normalized spacial score (nSPS) is 9.82. The van der Waals surface area contributed by atoms with E-state index in [0.717, 1.165) is 22.2 Å². The van der Waals surface area contributed by atoms with Crippen molar-refractivity contribution in [2.24, 2.45) is 0 Å². The number of H-pyrrole nitrogens is 1. The van der Waals surface area contributed by atoms with Crippen LogP contribution in [-0.2, 0) is 0 Å². The Morgan fingerprint density at radius 2 is 1.86 bits per heavy atom. The number of aromatic nitrogens is 1. The number of benzene rings is 2. The number of rotatable bonds is 1. The third kappa shape index (κ3) is 2.46. The molecule has 4 heteroatoms. The molecule has 3 rings (SSSR count). The van der Waals surface area contributed by atoms with E-state index in [9.17, 15) is 5.26 Å². The van der Waals surface area contributed by atoms with Crippen LogP contribution in [0, 0.1) is 23.2 Å². The quantitative estimate of drug-likeness (QED) is 0.533. The summed E-state index contributed by atoms with van der Waals surface area (Å²) >= 11 is 0. The van der Waals surface area contributed by atoms with Crippen molar-refractivity contribution in [2.75, 3.05) is 12.8 Å². The van der Waals surface area contributed by atoms with Crippen molar-refractivity contribution >= 4 is 16.6 Å². The highest BCUT2D eigenvalue weighted by Gasteiger charge is 2.10. The smallest absolute Gasteiger partial charge is 0.120 e. The number of hydrogen-bond acceptors (Lipinski definition) is 3.